The first-order valence-corrected chi connectivity index (χ1v) is 3.46. The third kappa shape index (κ3) is 3.60. The van der Waals surface area contributed by atoms with Crippen LogP contribution < -0.4 is 5.73 Å². The SMILES string of the molecule is CC(C)[C@H](CC(N)=O)C(=O)O. The van der Waals surface area contributed by atoms with Gasteiger partial charge in [0.1, 0.15) is 0 Å². The monoisotopic (exact) mass is 159 g/mol. The molecule has 11 heavy (non-hydrogen) atoms. The Morgan fingerprint density at radius 1 is 1.45 bits per heavy atom. The van der Waals surface area contributed by atoms with Crippen LogP contribution in [-0.2, 0) is 9.59 Å². The van der Waals surface area contributed by atoms with Crippen LogP contribution in [0.3, 0.4) is 0 Å². The summed E-state index contributed by atoms with van der Waals surface area (Å²) in [6.45, 7) is 3.50. The maximum absolute atomic E-state index is 10.5. The molecule has 0 spiro atoms. The number of rotatable bonds is 4. The van der Waals surface area contributed by atoms with Gasteiger partial charge in [-0.05, 0) is 5.92 Å². The van der Waals surface area contributed by atoms with Crippen molar-refractivity contribution in [1.29, 1.82) is 0 Å². The second-order valence-corrected chi connectivity index (χ2v) is 2.86. The summed E-state index contributed by atoms with van der Waals surface area (Å²) in [7, 11) is 0. The van der Waals surface area contributed by atoms with Gasteiger partial charge in [-0.25, -0.2) is 0 Å². The summed E-state index contributed by atoms with van der Waals surface area (Å²) in [4.78, 5) is 20.8. The second kappa shape index (κ2) is 3.95. The third-order valence-electron chi connectivity index (χ3n) is 1.54. The Morgan fingerprint density at radius 3 is 2.00 bits per heavy atom. The van der Waals surface area contributed by atoms with Crippen LogP contribution in [0.2, 0.25) is 0 Å². The maximum Gasteiger partial charge on any atom is 0.307 e. The molecule has 0 fully saturated rings. The minimum absolute atomic E-state index is 0.0556. The third-order valence-corrected chi connectivity index (χ3v) is 1.54. The van der Waals surface area contributed by atoms with E-state index in [0.717, 1.165) is 0 Å². The smallest absolute Gasteiger partial charge is 0.307 e. The molecule has 64 valence electrons. The zero-order valence-electron chi connectivity index (χ0n) is 6.70. The van der Waals surface area contributed by atoms with Gasteiger partial charge in [0.25, 0.3) is 0 Å². The molecule has 0 aliphatic heterocycles. The molecule has 0 aromatic carbocycles. The van der Waals surface area contributed by atoms with E-state index in [-0.39, 0.29) is 12.3 Å². The predicted molar refractivity (Wildman–Crippen MR) is 39.8 cm³/mol. The fraction of sp³-hybridized carbons (Fsp3) is 0.714. The Hall–Kier alpha value is -1.06. The van der Waals surface area contributed by atoms with Gasteiger partial charge in [0.2, 0.25) is 5.91 Å². The number of carboxylic acid groups (broad SMARTS) is 1. The van der Waals surface area contributed by atoms with Crippen LogP contribution in [0.5, 0.6) is 0 Å². The number of nitrogens with two attached hydrogens (primary N) is 1. The maximum atomic E-state index is 10.5. The number of amides is 1. The molecule has 0 heterocycles. The van der Waals surface area contributed by atoms with Crippen molar-refractivity contribution in [3.63, 3.8) is 0 Å². The highest BCUT2D eigenvalue weighted by Crippen LogP contribution is 2.14. The van der Waals surface area contributed by atoms with Gasteiger partial charge < -0.3 is 10.8 Å². The van der Waals surface area contributed by atoms with Crippen LogP contribution in [0, 0.1) is 11.8 Å². The van der Waals surface area contributed by atoms with Crippen LogP contribution in [0.15, 0.2) is 0 Å². The standard InChI is InChI=1S/C7H13NO3/c1-4(2)5(7(10)11)3-6(8)9/h4-5H,3H2,1-2H3,(H2,8,9)(H,10,11)/t5-/m0/s1. The first-order valence-electron chi connectivity index (χ1n) is 3.46. The molecule has 0 rings (SSSR count). The average Bonchev–Trinajstić information content (AvgIpc) is 1.81. The highest BCUT2D eigenvalue weighted by atomic mass is 16.4. The average molecular weight is 159 g/mol. The molecule has 0 bridgehead atoms. The lowest BCUT2D eigenvalue weighted by molar-refractivity contribution is -0.145. The summed E-state index contributed by atoms with van der Waals surface area (Å²) in [5.74, 6) is -2.22. The van der Waals surface area contributed by atoms with Crippen molar-refractivity contribution in [1.82, 2.24) is 0 Å². The molecule has 0 radical (unpaired) electrons. The molecule has 0 aromatic rings. The lowest BCUT2D eigenvalue weighted by Crippen LogP contribution is -2.26. The minimum Gasteiger partial charge on any atom is -0.481 e. The van der Waals surface area contributed by atoms with Crippen molar-refractivity contribution in [2.45, 2.75) is 20.3 Å². The summed E-state index contributed by atoms with van der Waals surface area (Å²) in [5.41, 5.74) is 4.87. The Kier molecular flexibility index (Phi) is 3.57. The Balaban J connectivity index is 4.12. The van der Waals surface area contributed by atoms with Gasteiger partial charge in [-0.15, -0.1) is 0 Å². The van der Waals surface area contributed by atoms with E-state index in [1.165, 1.54) is 0 Å². The minimum atomic E-state index is -0.959. The van der Waals surface area contributed by atoms with E-state index < -0.39 is 17.8 Å². The number of hydrogen-bond donors (Lipinski definition) is 2. The van der Waals surface area contributed by atoms with Crippen molar-refractivity contribution >= 4 is 11.9 Å². The largest absolute Gasteiger partial charge is 0.481 e. The molecule has 1 atom stereocenters. The quantitative estimate of drug-likeness (QED) is 0.615. The van der Waals surface area contributed by atoms with E-state index in [2.05, 4.69) is 0 Å². The van der Waals surface area contributed by atoms with Crippen molar-refractivity contribution < 1.29 is 14.7 Å². The van der Waals surface area contributed by atoms with E-state index in [1.54, 1.807) is 13.8 Å². The van der Waals surface area contributed by atoms with Gasteiger partial charge >= 0.3 is 5.97 Å². The molecule has 3 N–H and O–H groups in total. The zero-order chi connectivity index (χ0) is 9.02. The molecular weight excluding hydrogens is 146 g/mol. The summed E-state index contributed by atoms with van der Waals surface area (Å²) in [6, 6.07) is 0. The van der Waals surface area contributed by atoms with Crippen LogP contribution in [0.1, 0.15) is 20.3 Å². The lowest BCUT2D eigenvalue weighted by atomic mass is 9.92. The number of carboxylic acids is 1. The summed E-state index contributed by atoms with van der Waals surface area (Å²) in [6.07, 6.45) is -0.0764. The summed E-state index contributed by atoms with van der Waals surface area (Å²) in [5, 5.41) is 8.58. The molecule has 0 aromatic heterocycles. The van der Waals surface area contributed by atoms with Crippen molar-refractivity contribution in [2.75, 3.05) is 0 Å². The number of aliphatic carboxylic acids is 1. The molecule has 0 aliphatic rings. The highest BCUT2D eigenvalue weighted by Gasteiger charge is 2.22. The highest BCUT2D eigenvalue weighted by molar-refractivity contribution is 5.81. The molecule has 1 amide bonds. The summed E-state index contributed by atoms with van der Waals surface area (Å²) >= 11 is 0. The topological polar surface area (TPSA) is 80.4 Å². The van der Waals surface area contributed by atoms with Crippen LogP contribution in [-0.4, -0.2) is 17.0 Å². The second-order valence-electron chi connectivity index (χ2n) is 2.86. The van der Waals surface area contributed by atoms with E-state index in [1.807, 2.05) is 0 Å². The van der Waals surface area contributed by atoms with E-state index in [0.29, 0.717) is 0 Å². The molecule has 0 aliphatic carbocycles. The number of carbonyl (C=O) groups is 2. The number of hydrogen-bond acceptors (Lipinski definition) is 2. The number of carbonyl (C=O) groups excluding carboxylic acids is 1. The first-order chi connectivity index (χ1) is 4.95. The normalized spacial score (nSPS) is 13.0. The van der Waals surface area contributed by atoms with Crippen LogP contribution in [0.25, 0.3) is 0 Å². The van der Waals surface area contributed by atoms with Gasteiger partial charge in [0.15, 0.2) is 0 Å². The zero-order valence-corrected chi connectivity index (χ0v) is 6.70. The molecule has 0 saturated carbocycles. The Morgan fingerprint density at radius 2 is 1.91 bits per heavy atom. The molecular formula is C7H13NO3. The molecule has 4 nitrogen and oxygen atoms in total. The van der Waals surface area contributed by atoms with E-state index in [9.17, 15) is 9.59 Å². The first kappa shape index (κ1) is 9.94. The van der Waals surface area contributed by atoms with Gasteiger partial charge in [-0.2, -0.15) is 0 Å². The van der Waals surface area contributed by atoms with Crippen molar-refractivity contribution in [3.05, 3.63) is 0 Å². The lowest BCUT2D eigenvalue weighted by Gasteiger charge is -2.13. The van der Waals surface area contributed by atoms with E-state index in [4.69, 9.17) is 10.8 Å². The van der Waals surface area contributed by atoms with Crippen molar-refractivity contribution in [3.8, 4) is 0 Å². The van der Waals surface area contributed by atoms with Gasteiger partial charge in [-0.1, -0.05) is 13.8 Å². The molecule has 0 unspecified atom stereocenters. The molecule has 4 heteroatoms. The van der Waals surface area contributed by atoms with Gasteiger partial charge in [0.05, 0.1) is 5.92 Å². The van der Waals surface area contributed by atoms with Crippen LogP contribution >= 0.6 is 0 Å². The fourth-order valence-electron chi connectivity index (χ4n) is 0.825. The number of primary amides is 1. The van der Waals surface area contributed by atoms with Crippen molar-refractivity contribution in [2.24, 2.45) is 17.6 Å². The van der Waals surface area contributed by atoms with Gasteiger partial charge in [0, 0.05) is 6.42 Å². The summed E-state index contributed by atoms with van der Waals surface area (Å²) < 4.78 is 0. The van der Waals surface area contributed by atoms with Gasteiger partial charge in [-0.3, -0.25) is 9.59 Å². The van der Waals surface area contributed by atoms with Crippen LogP contribution in [0.4, 0.5) is 0 Å². The Bertz CT molecular complexity index is 165. The van der Waals surface area contributed by atoms with E-state index >= 15 is 0 Å². The fourth-order valence-corrected chi connectivity index (χ4v) is 0.825. The Labute approximate surface area is 65.4 Å². The molecule has 0 saturated heterocycles. The predicted octanol–water partition coefficient (Wildman–Crippen LogP) is 0.219.